The molecule has 1 atom stereocenters. The third kappa shape index (κ3) is 6.30. The lowest BCUT2D eigenvalue weighted by Crippen LogP contribution is -2.49. The zero-order chi connectivity index (χ0) is 15.9. The lowest BCUT2D eigenvalue weighted by atomic mass is 9.97. The van der Waals surface area contributed by atoms with Crippen molar-refractivity contribution in [1.29, 1.82) is 5.26 Å². The van der Waals surface area contributed by atoms with E-state index >= 15 is 0 Å². The molecule has 0 bridgehead atoms. The standard InChI is InChI=1S/C14H28N4O2S/c1-4-7-16-14(2,13-15)6-5-8-17-9-11-18(12-10-17)21(3,19)20/h16H,4-12H2,1-3H3. The van der Waals surface area contributed by atoms with Crippen LogP contribution >= 0.6 is 0 Å². The maximum absolute atomic E-state index is 11.4. The highest BCUT2D eigenvalue weighted by molar-refractivity contribution is 7.88. The first-order valence-corrected chi connectivity index (χ1v) is 9.49. The average molecular weight is 316 g/mol. The smallest absolute Gasteiger partial charge is 0.211 e. The average Bonchev–Trinajstić information content (AvgIpc) is 2.45. The molecule has 1 aliphatic rings. The molecule has 0 amide bonds. The van der Waals surface area contributed by atoms with Gasteiger partial charge in [0.2, 0.25) is 10.0 Å². The summed E-state index contributed by atoms with van der Waals surface area (Å²) in [5.74, 6) is 0. The Labute approximate surface area is 129 Å². The van der Waals surface area contributed by atoms with Gasteiger partial charge in [0.05, 0.1) is 12.3 Å². The molecule has 21 heavy (non-hydrogen) atoms. The highest BCUT2D eigenvalue weighted by Gasteiger charge is 2.25. The van der Waals surface area contributed by atoms with Crippen molar-refractivity contribution >= 4 is 10.0 Å². The summed E-state index contributed by atoms with van der Waals surface area (Å²) < 4.78 is 24.4. The molecule has 0 saturated carbocycles. The van der Waals surface area contributed by atoms with E-state index in [9.17, 15) is 13.7 Å². The number of piperazine rings is 1. The number of rotatable bonds is 8. The number of hydrogen-bond donors (Lipinski definition) is 1. The van der Waals surface area contributed by atoms with E-state index in [4.69, 9.17) is 0 Å². The van der Waals surface area contributed by atoms with Gasteiger partial charge in [0.25, 0.3) is 0 Å². The first-order valence-electron chi connectivity index (χ1n) is 7.64. The second-order valence-electron chi connectivity index (χ2n) is 5.98. The zero-order valence-corrected chi connectivity index (χ0v) is 14.2. The first kappa shape index (κ1) is 18.4. The Hall–Kier alpha value is -0.680. The molecule has 1 rings (SSSR count). The Bertz CT molecular complexity index is 452. The summed E-state index contributed by atoms with van der Waals surface area (Å²) >= 11 is 0. The Morgan fingerprint density at radius 2 is 1.90 bits per heavy atom. The topological polar surface area (TPSA) is 76.4 Å². The summed E-state index contributed by atoms with van der Waals surface area (Å²) in [6.45, 7) is 8.51. The van der Waals surface area contributed by atoms with E-state index in [-0.39, 0.29) is 0 Å². The monoisotopic (exact) mass is 316 g/mol. The van der Waals surface area contributed by atoms with Crippen molar-refractivity contribution in [3.63, 3.8) is 0 Å². The van der Waals surface area contributed by atoms with Gasteiger partial charge in [-0.25, -0.2) is 8.42 Å². The number of nitriles is 1. The Balaban J connectivity index is 2.30. The zero-order valence-electron chi connectivity index (χ0n) is 13.4. The maximum atomic E-state index is 11.4. The summed E-state index contributed by atoms with van der Waals surface area (Å²) in [6, 6.07) is 2.36. The fourth-order valence-electron chi connectivity index (χ4n) is 2.53. The van der Waals surface area contributed by atoms with Gasteiger partial charge in [0, 0.05) is 26.2 Å². The van der Waals surface area contributed by atoms with E-state index in [0.29, 0.717) is 13.1 Å². The molecule has 0 spiro atoms. The minimum Gasteiger partial charge on any atom is -0.301 e. The van der Waals surface area contributed by atoms with Crippen molar-refractivity contribution in [3.8, 4) is 6.07 Å². The highest BCUT2D eigenvalue weighted by atomic mass is 32.2. The van der Waals surface area contributed by atoms with Crippen LogP contribution in [0.4, 0.5) is 0 Å². The van der Waals surface area contributed by atoms with Gasteiger partial charge in [-0.15, -0.1) is 0 Å². The van der Waals surface area contributed by atoms with Crippen LogP contribution in [0.25, 0.3) is 0 Å². The molecule has 0 aromatic heterocycles. The van der Waals surface area contributed by atoms with Crippen LogP contribution in [0.2, 0.25) is 0 Å². The van der Waals surface area contributed by atoms with Gasteiger partial charge in [-0.3, -0.25) is 5.32 Å². The van der Waals surface area contributed by atoms with Gasteiger partial charge in [-0.1, -0.05) is 6.92 Å². The van der Waals surface area contributed by atoms with Crippen molar-refractivity contribution in [1.82, 2.24) is 14.5 Å². The minimum absolute atomic E-state index is 0.454. The molecule has 1 aliphatic heterocycles. The molecule has 1 unspecified atom stereocenters. The SMILES string of the molecule is CCCNC(C)(C#N)CCCN1CCN(S(C)(=O)=O)CC1. The van der Waals surface area contributed by atoms with Crippen LogP contribution in [0.3, 0.4) is 0 Å². The van der Waals surface area contributed by atoms with Crippen LogP contribution < -0.4 is 5.32 Å². The molecular formula is C14H28N4O2S. The predicted octanol–water partition coefficient (Wildman–Crippen LogP) is 0.626. The summed E-state index contributed by atoms with van der Waals surface area (Å²) in [5, 5.41) is 12.6. The highest BCUT2D eigenvalue weighted by Crippen LogP contribution is 2.13. The summed E-state index contributed by atoms with van der Waals surface area (Å²) in [7, 11) is -3.05. The molecular weight excluding hydrogens is 288 g/mol. The third-order valence-corrected chi connectivity index (χ3v) is 5.27. The van der Waals surface area contributed by atoms with E-state index < -0.39 is 15.6 Å². The van der Waals surface area contributed by atoms with E-state index in [2.05, 4.69) is 23.2 Å². The molecule has 0 aromatic carbocycles. The Morgan fingerprint density at radius 1 is 1.29 bits per heavy atom. The van der Waals surface area contributed by atoms with Gasteiger partial charge in [-0.05, 0) is 39.3 Å². The van der Waals surface area contributed by atoms with Gasteiger partial charge in [0.15, 0.2) is 0 Å². The fraction of sp³-hybridized carbons (Fsp3) is 0.929. The lowest BCUT2D eigenvalue weighted by molar-refractivity contribution is 0.182. The van der Waals surface area contributed by atoms with Gasteiger partial charge >= 0.3 is 0 Å². The number of nitrogens with zero attached hydrogens (tertiary/aromatic N) is 3. The summed E-state index contributed by atoms with van der Waals surface area (Å²) in [5.41, 5.74) is -0.454. The fourth-order valence-corrected chi connectivity index (χ4v) is 3.35. The second kappa shape index (κ2) is 8.08. The predicted molar refractivity (Wildman–Crippen MR) is 84.4 cm³/mol. The minimum atomic E-state index is -3.05. The third-order valence-electron chi connectivity index (χ3n) is 3.96. The van der Waals surface area contributed by atoms with Crippen LogP contribution in [-0.2, 0) is 10.0 Å². The Kier molecular flexibility index (Phi) is 7.07. The number of sulfonamides is 1. The van der Waals surface area contributed by atoms with Crippen molar-refractivity contribution in [2.24, 2.45) is 0 Å². The molecule has 0 aliphatic carbocycles. The van der Waals surface area contributed by atoms with Crippen molar-refractivity contribution in [2.75, 3.05) is 45.5 Å². The molecule has 7 heteroatoms. The van der Waals surface area contributed by atoms with Gasteiger partial charge < -0.3 is 4.90 Å². The van der Waals surface area contributed by atoms with Gasteiger partial charge in [0.1, 0.15) is 5.54 Å². The molecule has 1 heterocycles. The number of hydrogen-bond acceptors (Lipinski definition) is 5. The van der Waals surface area contributed by atoms with E-state index in [0.717, 1.165) is 45.4 Å². The molecule has 6 nitrogen and oxygen atoms in total. The van der Waals surface area contributed by atoms with Crippen molar-refractivity contribution in [2.45, 2.75) is 38.6 Å². The molecule has 1 saturated heterocycles. The summed E-state index contributed by atoms with van der Waals surface area (Å²) in [4.78, 5) is 2.28. The van der Waals surface area contributed by atoms with Crippen LogP contribution in [0.5, 0.6) is 0 Å². The molecule has 1 N–H and O–H groups in total. The number of nitrogens with one attached hydrogen (secondary N) is 1. The van der Waals surface area contributed by atoms with E-state index in [1.165, 1.54) is 10.6 Å². The van der Waals surface area contributed by atoms with E-state index in [1.807, 2.05) is 6.92 Å². The first-order chi connectivity index (χ1) is 9.80. The van der Waals surface area contributed by atoms with Crippen molar-refractivity contribution < 1.29 is 8.42 Å². The summed E-state index contributed by atoms with van der Waals surface area (Å²) in [6.07, 6.45) is 4.04. The van der Waals surface area contributed by atoms with Gasteiger partial charge in [-0.2, -0.15) is 9.57 Å². The molecule has 0 radical (unpaired) electrons. The maximum Gasteiger partial charge on any atom is 0.211 e. The van der Waals surface area contributed by atoms with E-state index in [1.54, 1.807) is 0 Å². The van der Waals surface area contributed by atoms with Crippen LogP contribution in [0.1, 0.15) is 33.1 Å². The normalized spacial score (nSPS) is 20.9. The van der Waals surface area contributed by atoms with Crippen LogP contribution in [-0.4, -0.2) is 68.7 Å². The molecule has 122 valence electrons. The largest absolute Gasteiger partial charge is 0.301 e. The Morgan fingerprint density at radius 3 is 2.38 bits per heavy atom. The second-order valence-corrected chi connectivity index (χ2v) is 7.96. The quantitative estimate of drug-likeness (QED) is 0.710. The molecule has 1 fully saturated rings. The lowest BCUT2D eigenvalue weighted by Gasteiger charge is -2.33. The van der Waals surface area contributed by atoms with Crippen LogP contribution in [0, 0.1) is 11.3 Å². The van der Waals surface area contributed by atoms with Crippen molar-refractivity contribution in [3.05, 3.63) is 0 Å². The van der Waals surface area contributed by atoms with Crippen LogP contribution in [0.15, 0.2) is 0 Å². The molecule has 0 aromatic rings.